The summed E-state index contributed by atoms with van der Waals surface area (Å²) < 4.78 is 12.4. The van der Waals surface area contributed by atoms with Crippen molar-refractivity contribution in [2.75, 3.05) is 19.0 Å². The minimum absolute atomic E-state index is 0.0126. The van der Waals surface area contributed by atoms with E-state index >= 15 is 0 Å². The predicted octanol–water partition coefficient (Wildman–Crippen LogP) is 5.52. The fourth-order valence-corrected chi connectivity index (χ4v) is 8.04. The second kappa shape index (κ2) is 10.1. The Hall–Kier alpha value is -4.31. The number of carbonyl (C=O) groups is 1. The summed E-state index contributed by atoms with van der Waals surface area (Å²) in [6.45, 7) is 8.10. The van der Waals surface area contributed by atoms with Crippen LogP contribution in [0.1, 0.15) is 47.9 Å². The summed E-state index contributed by atoms with van der Waals surface area (Å²) in [6.07, 6.45) is 3.30. The van der Waals surface area contributed by atoms with Gasteiger partial charge in [0.25, 0.3) is 5.91 Å². The van der Waals surface area contributed by atoms with Gasteiger partial charge in [-0.05, 0) is 75.1 Å². The number of aryl methyl sites for hydroxylation is 3. The van der Waals surface area contributed by atoms with E-state index in [9.17, 15) is 4.79 Å². The van der Waals surface area contributed by atoms with Crippen molar-refractivity contribution in [2.24, 2.45) is 37.6 Å². The topological polar surface area (TPSA) is 108 Å². The van der Waals surface area contributed by atoms with Crippen molar-refractivity contribution in [3.63, 3.8) is 0 Å². The molecule has 2 aliphatic carbocycles. The van der Waals surface area contributed by atoms with Crippen LogP contribution in [0.3, 0.4) is 0 Å². The number of ether oxygens (including phenoxy) is 1. The zero-order chi connectivity index (χ0) is 31.3. The summed E-state index contributed by atoms with van der Waals surface area (Å²) in [5, 5.41) is 9.51. The van der Waals surface area contributed by atoms with E-state index in [1.807, 2.05) is 42.7 Å². The van der Waals surface area contributed by atoms with Gasteiger partial charge in [-0.25, -0.2) is 4.98 Å². The van der Waals surface area contributed by atoms with E-state index in [2.05, 4.69) is 57.7 Å². The SMILES string of the molecule is COc1cc(C(=O)N2C[C@H]3CC[C@@H]2[C@@H]3N)cc2nc(-c3cc4cccc(Nc5c(C)nn(C)c5C)c4n3CC3CC3C)n(C)c12. The van der Waals surface area contributed by atoms with Crippen molar-refractivity contribution in [2.45, 2.75) is 58.7 Å². The van der Waals surface area contributed by atoms with Crippen LogP contribution in [0.2, 0.25) is 0 Å². The van der Waals surface area contributed by atoms with Gasteiger partial charge in [0.2, 0.25) is 0 Å². The molecule has 2 bridgehead atoms. The standard InChI is InChI=1S/C35H42N8O2/c1-18-12-24(18)17-42-28(14-21-8-7-9-25(32(21)42)37-31-19(2)39-41(5)20(31)3)34-38-26-13-23(15-29(45-6)33(26)40(34)4)35(44)43-16-22-10-11-27(43)30(22)36/h7-9,13-15,18,22,24,27,30,37H,10-12,16-17,36H2,1-6H3/t18?,22-,24?,27-,30-/m1/s1. The molecule has 2 unspecified atom stereocenters. The van der Waals surface area contributed by atoms with Gasteiger partial charge in [0.15, 0.2) is 5.82 Å². The zero-order valence-electron chi connectivity index (χ0n) is 27.0. The van der Waals surface area contributed by atoms with Crippen LogP contribution in [0.5, 0.6) is 5.75 Å². The molecule has 0 spiro atoms. The Morgan fingerprint density at radius 3 is 2.58 bits per heavy atom. The molecule has 3 fully saturated rings. The fraction of sp³-hybridized carbons (Fsp3) is 0.457. The molecule has 1 amide bonds. The number of nitrogens with two attached hydrogens (primary N) is 1. The highest BCUT2D eigenvalue weighted by Crippen LogP contribution is 2.44. The first-order valence-electron chi connectivity index (χ1n) is 16.2. The smallest absolute Gasteiger partial charge is 0.254 e. The third kappa shape index (κ3) is 4.29. The number of nitrogens with one attached hydrogen (secondary N) is 1. The maximum Gasteiger partial charge on any atom is 0.254 e. The summed E-state index contributed by atoms with van der Waals surface area (Å²) >= 11 is 0. The summed E-state index contributed by atoms with van der Waals surface area (Å²) in [6, 6.07) is 12.7. The fourth-order valence-electron chi connectivity index (χ4n) is 8.04. The van der Waals surface area contributed by atoms with Gasteiger partial charge < -0.3 is 29.8 Å². The summed E-state index contributed by atoms with van der Waals surface area (Å²) in [7, 11) is 5.68. The number of likely N-dealkylation sites (tertiary alicyclic amines) is 1. The highest BCUT2D eigenvalue weighted by atomic mass is 16.5. The molecule has 10 nitrogen and oxygen atoms in total. The molecule has 3 N–H and O–H groups in total. The van der Waals surface area contributed by atoms with Gasteiger partial charge in [-0.2, -0.15) is 5.10 Å². The number of piperidine rings is 1. The summed E-state index contributed by atoms with van der Waals surface area (Å²) in [5.41, 5.74) is 15.0. The van der Waals surface area contributed by atoms with Crippen LogP contribution in [-0.2, 0) is 20.6 Å². The lowest BCUT2D eigenvalue weighted by Gasteiger charge is -2.27. The van der Waals surface area contributed by atoms with Gasteiger partial charge in [0.1, 0.15) is 11.3 Å². The van der Waals surface area contributed by atoms with Crippen LogP contribution in [0.15, 0.2) is 36.4 Å². The highest BCUT2D eigenvalue weighted by Gasteiger charge is 2.47. The molecule has 3 aliphatic rings. The Kier molecular flexibility index (Phi) is 6.33. The lowest BCUT2D eigenvalue weighted by atomic mass is 10.1. The maximum absolute atomic E-state index is 13.8. The molecule has 45 heavy (non-hydrogen) atoms. The Morgan fingerprint density at radius 2 is 1.93 bits per heavy atom. The number of aromatic nitrogens is 5. The number of nitrogens with zero attached hydrogens (tertiary/aromatic N) is 6. The van der Waals surface area contributed by atoms with Gasteiger partial charge in [0, 0.05) is 50.2 Å². The molecular weight excluding hydrogens is 564 g/mol. The van der Waals surface area contributed by atoms with Crippen LogP contribution >= 0.6 is 0 Å². The van der Waals surface area contributed by atoms with Crippen molar-refractivity contribution in [1.29, 1.82) is 0 Å². The molecule has 0 radical (unpaired) electrons. The number of hydrogen-bond acceptors (Lipinski definition) is 6. The second-order valence-corrected chi connectivity index (χ2v) is 13.6. The Balaban J connectivity index is 1.26. The third-order valence-electron chi connectivity index (χ3n) is 10.9. The Morgan fingerprint density at radius 1 is 1.13 bits per heavy atom. The Labute approximate surface area is 263 Å². The zero-order valence-corrected chi connectivity index (χ0v) is 27.0. The van der Waals surface area contributed by atoms with Crippen LogP contribution in [0.4, 0.5) is 11.4 Å². The van der Waals surface area contributed by atoms with E-state index in [0.29, 0.717) is 29.1 Å². The largest absolute Gasteiger partial charge is 0.494 e. The normalized spacial score (nSPS) is 23.9. The van der Waals surface area contributed by atoms with Crippen LogP contribution in [0, 0.1) is 31.6 Å². The number of imidazole rings is 1. The molecule has 234 valence electrons. The molecule has 2 saturated carbocycles. The third-order valence-corrected chi connectivity index (χ3v) is 10.9. The Bertz CT molecular complexity index is 2000. The molecule has 5 aromatic rings. The van der Waals surface area contributed by atoms with Gasteiger partial charge in [0.05, 0.1) is 46.6 Å². The van der Waals surface area contributed by atoms with Crippen LogP contribution in [0.25, 0.3) is 33.5 Å². The van der Waals surface area contributed by atoms with E-state index in [-0.39, 0.29) is 18.0 Å². The highest BCUT2D eigenvalue weighted by molar-refractivity contribution is 6.01. The van der Waals surface area contributed by atoms with Crippen molar-refractivity contribution in [3.8, 4) is 17.3 Å². The molecule has 10 heteroatoms. The van der Waals surface area contributed by atoms with Gasteiger partial charge in [-0.3, -0.25) is 9.48 Å². The van der Waals surface area contributed by atoms with Crippen molar-refractivity contribution < 1.29 is 9.53 Å². The molecule has 1 aliphatic heterocycles. The molecule has 3 aromatic heterocycles. The number of methoxy groups -OCH3 is 1. The van der Waals surface area contributed by atoms with Crippen molar-refractivity contribution in [3.05, 3.63) is 53.3 Å². The predicted molar refractivity (Wildman–Crippen MR) is 177 cm³/mol. The van der Waals surface area contributed by atoms with Gasteiger partial charge >= 0.3 is 0 Å². The maximum atomic E-state index is 13.8. The van der Waals surface area contributed by atoms with E-state index < -0.39 is 0 Å². The molecule has 2 aromatic carbocycles. The lowest BCUT2D eigenvalue weighted by Crippen LogP contribution is -2.41. The minimum atomic E-state index is 0.0126. The molecule has 5 atom stereocenters. The lowest BCUT2D eigenvalue weighted by molar-refractivity contribution is 0.0700. The van der Waals surface area contributed by atoms with E-state index in [4.69, 9.17) is 15.5 Å². The number of carbonyl (C=O) groups excluding carboxylic acids is 1. The first-order valence-corrected chi connectivity index (χ1v) is 16.2. The molecule has 1 saturated heterocycles. The number of fused-ring (bicyclic) bond motifs is 4. The average Bonchev–Trinajstić information content (AvgIpc) is 3.39. The monoisotopic (exact) mass is 606 g/mol. The molecular formula is C35H42N8O2. The van der Waals surface area contributed by atoms with Crippen LogP contribution in [-0.4, -0.2) is 60.4 Å². The number of anilines is 2. The van der Waals surface area contributed by atoms with Crippen molar-refractivity contribution >= 4 is 39.2 Å². The minimum Gasteiger partial charge on any atom is -0.494 e. The summed E-state index contributed by atoms with van der Waals surface area (Å²) in [5.74, 6) is 3.21. The molecule has 4 heterocycles. The number of benzene rings is 2. The molecule has 8 rings (SSSR count). The quantitative estimate of drug-likeness (QED) is 0.253. The average molecular weight is 607 g/mol. The van der Waals surface area contributed by atoms with Gasteiger partial charge in [-0.15, -0.1) is 0 Å². The second-order valence-electron chi connectivity index (χ2n) is 13.6. The van der Waals surface area contributed by atoms with Crippen molar-refractivity contribution in [1.82, 2.24) is 28.8 Å². The van der Waals surface area contributed by atoms with Crippen LogP contribution < -0.4 is 15.8 Å². The number of hydrogen-bond donors (Lipinski definition) is 2. The first-order chi connectivity index (χ1) is 21.6. The number of rotatable bonds is 7. The van der Waals surface area contributed by atoms with E-state index in [1.165, 1.54) is 6.42 Å². The van der Waals surface area contributed by atoms with E-state index in [1.54, 1.807) is 7.11 Å². The summed E-state index contributed by atoms with van der Waals surface area (Å²) in [4.78, 5) is 21.0. The number of para-hydroxylation sites is 1. The van der Waals surface area contributed by atoms with E-state index in [0.717, 1.165) is 82.1 Å². The number of amides is 1. The van der Waals surface area contributed by atoms with Gasteiger partial charge in [-0.1, -0.05) is 19.1 Å². The first kappa shape index (κ1) is 28.2.